The van der Waals surface area contributed by atoms with Crippen molar-refractivity contribution >= 4 is 23.5 Å². The Labute approximate surface area is 133 Å². The van der Waals surface area contributed by atoms with Gasteiger partial charge in [0.05, 0.1) is 24.5 Å². The molecule has 3 rings (SSSR count). The molecule has 6 heteroatoms. The van der Waals surface area contributed by atoms with Crippen molar-refractivity contribution in [2.24, 2.45) is 23.7 Å². The van der Waals surface area contributed by atoms with E-state index in [0.717, 1.165) is 0 Å². The van der Waals surface area contributed by atoms with Gasteiger partial charge >= 0.3 is 11.9 Å². The number of fused-ring (bicyclic) bond motifs is 2. The van der Waals surface area contributed by atoms with Gasteiger partial charge in [-0.25, -0.2) is 4.79 Å². The van der Waals surface area contributed by atoms with Crippen molar-refractivity contribution < 1.29 is 24.2 Å². The van der Waals surface area contributed by atoms with E-state index in [9.17, 15) is 19.5 Å². The van der Waals surface area contributed by atoms with Gasteiger partial charge in [-0.3, -0.25) is 9.59 Å². The molecule has 2 aliphatic rings. The maximum Gasteiger partial charge on any atom is 0.337 e. The first-order valence-electron chi connectivity index (χ1n) is 7.41. The number of benzene rings is 1. The van der Waals surface area contributed by atoms with Gasteiger partial charge in [0.2, 0.25) is 5.91 Å². The van der Waals surface area contributed by atoms with Crippen LogP contribution in [-0.2, 0) is 14.3 Å². The number of carboxylic acids is 1. The molecule has 2 bridgehead atoms. The second-order valence-electron chi connectivity index (χ2n) is 5.90. The second kappa shape index (κ2) is 5.87. The highest BCUT2D eigenvalue weighted by molar-refractivity contribution is 5.98. The molecule has 2 N–H and O–H groups in total. The van der Waals surface area contributed by atoms with Crippen LogP contribution in [0.2, 0.25) is 0 Å². The standard InChI is InChI=1S/C17H17NO5/c1-23-17(22)11-3-2-4-12(8-11)18-15(19)13-9-5-6-10(7-9)14(13)16(20)21/h2-6,8-10,13-14H,7H2,1H3,(H,18,19)(H,20,21)/t9-,10-,13-,14+/m0/s1. The van der Waals surface area contributed by atoms with Gasteiger partial charge in [0.25, 0.3) is 0 Å². The number of carbonyl (C=O) groups excluding carboxylic acids is 2. The van der Waals surface area contributed by atoms with Crippen LogP contribution in [0.1, 0.15) is 16.8 Å². The number of methoxy groups -OCH3 is 1. The molecule has 6 nitrogen and oxygen atoms in total. The lowest BCUT2D eigenvalue weighted by molar-refractivity contribution is -0.146. The molecule has 2 aliphatic carbocycles. The van der Waals surface area contributed by atoms with Gasteiger partial charge in [0.15, 0.2) is 0 Å². The Kier molecular flexibility index (Phi) is 3.90. The van der Waals surface area contributed by atoms with E-state index in [1.54, 1.807) is 18.2 Å². The largest absolute Gasteiger partial charge is 0.481 e. The average molecular weight is 315 g/mol. The van der Waals surface area contributed by atoms with E-state index in [1.165, 1.54) is 13.2 Å². The first kappa shape index (κ1) is 15.3. The van der Waals surface area contributed by atoms with Gasteiger partial charge in [-0.1, -0.05) is 18.2 Å². The van der Waals surface area contributed by atoms with E-state index in [4.69, 9.17) is 0 Å². The zero-order valence-electron chi connectivity index (χ0n) is 12.6. The van der Waals surface area contributed by atoms with Crippen molar-refractivity contribution in [2.75, 3.05) is 12.4 Å². The minimum absolute atomic E-state index is 0.0371. The maximum absolute atomic E-state index is 12.5. The maximum atomic E-state index is 12.5. The number of carboxylic acid groups (broad SMARTS) is 1. The molecule has 0 aliphatic heterocycles. The molecule has 0 aromatic heterocycles. The fourth-order valence-corrected chi connectivity index (χ4v) is 3.58. The SMILES string of the molecule is COC(=O)c1cccc(NC(=O)[C@@H]2[C@H](C(=O)O)[C@H]3C=C[C@H]2C3)c1. The first-order valence-corrected chi connectivity index (χ1v) is 7.41. The summed E-state index contributed by atoms with van der Waals surface area (Å²) in [6, 6.07) is 6.39. The van der Waals surface area contributed by atoms with Gasteiger partial charge in [0.1, 0.15) is 0 Å². The fraction of sp³-hybridized carbons (Fsp3) is 0.353. The Morgan fingerprint density at radius 3 is 2.52 bits per heavy atom. The molecule has 0 heterocycles. The molecule has 120 valence electrons. The van der Waals surface area contributed by atoms with E-state index in [-0.39, 0.29) is 17.7 Å². The predicted octanol–water partition coefficient (Wildman–Crippen LogP) is 1.93. The topological polar surface area (TPSA) is 92.7 Å². The lowest BCUT2D eigenvalue weighted by Crippen LogP contribution is -2.36. The van der Waals surface area contributed by atoms with Gasteiger partial charge in [0, 0.05) is 5.69 Å². The van der Waals surface area contributed by atoms with Crippen LogP contribution >= 0.6 is 0 Å². The summed E-state index contributed by atoms with van der Waals surface area (Å²) in [7, 11) is 1.28. The molecule has 23 heavy (non-hydrogen) atoms. The number of esters is 1. The van der Waals surface area contributed by atoms with Crippen LogP contribution in [0.3, 0.4) is 0 Å². The van der Waals surface area contributed by atoms with Gasteiger partial charge in [-0.2, -0.15) is 0 Å². The summed E-state index contributed by atoms with van der Waals surface area (Å²) in [6.07, 6.45) is 4.53. The normalized spacial score (nSPS) is 27.7. The smallest absolute Gasteiger partial charge is 0.337 e. The number of ether oxygens (including phenoxy) is 1. The highest BCUT2D eigenvalue weighted by atomic mass is 16.5. The Hall–Kier alpha value is -2.63. The lowest BCUT2D eigenvalue weighted by Gasteiger charge is -2.23. The van der Waals surface area contributed by atoms with Crippen molar-refractivity contribution in [3.8, 4) is 0 Å². The van der Waals surface area contributed by atoms with E-state index >= 15 is 0 Å². The zero-order chi connectivity index (χ0) is 16.6. The summed E-state index contributed by atoms with van der Waals surface area (Å²) in [5.41, 5.74) is 0.779. The third-order valence-electron chi connectivity index (χ3n) is 4.60. The quantitative estimate of drug-likeness (QED) is 0.654. The van der Waals surface area contributed by atoms with Crippen LogP contribution in [-0.4, -0.2) is 30.1 Å². The molecule has 1 amide bonds. The van der Waals surface area contributed by atoms with Crippen LogP contribution in [0.25, 0.3) is 0 Å². The molecule has 1 aromatic carbocycles. The van der Waals surface area contributed by atoms with Crippen molar-refractivity contribution in [3.05, 3.63) is 42.0 Å². The Balaban J connectivity index is 1.78. The van der Waals surface area contributed by atoms with Gasteiger partial charge < -0.3 is 15.2 Å². The van der Waals surface area contributed by atoms with Gasteiger partial charge in [-0.15, -0.1) is 0 Å². The monoisotopic (exact) mass is 315 g/mol. The molecule has 0 unspecified atom stereocenters. The Morgan fingerprint density at radius 1 is 1.17 bits per heavy atom. The van der Waals surface area contributed by atoms with Crippen molar-refractivity contribution in [3.63, 3.8) is 0 Å². The third kappa shape index (κ3) is 2.72. The van der Waals surface area contributed by atoms with Crippen LogP contribution in [0.4, 0.5) is 5.69 Å². The molecule has 0 radical (unpaired) electrons. The van der Waals surface area contributed by atoms with Crippen LogP contribution < -0.4 is 5.32 Å². The van der Waals surface area contributed by atoms with Crippen LogP contribution in [0.5, 0.6) is 0 Å². The van der Waals surface area contributed by atoms with Crippen LogP contribution in [0.15, 0.2) is 36.4 Å². The molecule has 0 saturated heterocycles. The first-order chi connectivity index (χ1) is 11.0. The van der Waals surface area contributed by atoms with E-state index in [1.807, 2.05) is 12.2 Å². The number of hydrogen-bond acceptors (Lipinski definition) is 4. The van der Waals surface area contributed by atoms with Crippen LogP contribution in [0, 0.1) is 23.7 Å². The van der Waals surface area contributed by atoms with Crippen molar-refractivity contribution in [1.82, 2.24) is 0 Å². The fourth-order valence-electron chi connectivity index (χ4n) is 3.58. The van der Waals surface area contributed by atoms with Gasteiger partial charge in [-0.05, 0) is 36.5 Å². The molecule has 1 aromatic rings. The number of amides is 1. The molecule has 4 atom stereocenters. The summed E-state index contributed by atoms with van der Waals surface area (Å²) in [6.45, 7) is 0. The zero-order valence-corrected chi connectivity index (χ0v) is 12.6. The molecule has 1 saturated carbocycles. The summed E-state index contributed by atoms with van der Waals surface area (Å²) in [4.78, 5) is 35.5. The predicted molar refractivity (Wildman–Crippen MR) is 81.8 cm³/mol. The number of aliphatic carboxylic acids is 1. The Bertz CT molecular complexity index is 696. The number of allylic oxidation sites excluding steroid dienone is 2. The highest BCUT2D eigenvalue weighted by Gasteiger charge is 2.51. The lowest BCUT2D eigenvalue weighted by atomic mass is 9.82. The number of rotatable bonds is 4. The summed E-state index contributed by atoms with van der Waals surface area (Å²) >= 11 is 0. The molecule has 1 fully saturated rings. The van der Waals surface area contributed by atoms with Crippen molar-refractivity contribution in [1.29, 1.82) is 0 Å². The molecular formula is C17H17NO5. The van der Waals surface area contributed by atoms with E-state index < -0.39 is 23.8 Å². The number of hydrogen-bond donors (Lipinski definition) is 2. The minimum atomic E-state index is -0.940. The number of nitrogens with one attached hydrogen (secondary N) is 1. The average Bonchev–Trinajstić information content (AvgIpc) is 3.15. The highest BCUT2D eigenvalue weighted by Crippen LogP contribution is 2.48. The summed E-state index contributed by atoms with van der Waals surface area (Å²) in [5.74, 6) is -3.13. The summed E-state index contributed by atoms with van der Waals surface area (Å²) < 4.78 is 4.65. The minimum Gasteiger partial charge on any atom is -0.481 e. The third-order valence-corrected chi connectivity index (χ3v) is 4.60. The molecular weight excluding hydrogens is 298 g/mol. The molecule has 0 spiro atoms. The van der Waals surface area contributed by atoms with E-state index in [0.29, 0.717) is 17.7 Å². The Morgan fingerprint density at radius 2 is 1.87 bits per heavy atom. The number of anilines is 1. The van der Waals surface area contributed by atoms with E-state index in [2.05, 4.69) is 10.1 Å². The second-order valence-corrected chi connectivity index (χ2v) is 5.90. The number of carbonyl (C=O) groups is 3. The van der Waals surface area contributed by atoms with Crippen molar-refractivity contribution in [2.45, 2.75) is 6.42 Å². The summed E-state index contributed by atoms with van der Waals surface area (Å²) in [5, 5.41) is 12.1.